The van der Waals surface area contributed by atoms with Crippen LogP contribution in [0.15, 0.2) is 34.7 Å². The summed E-state index contributed by atoms with van der Waals surface area (Å²) in [5.41, 5.74) is -0.0486. The number of nitrogens with zero attached hydrogens (tertiary/aromatic N) is 1. The number of anilines is 1. The predicted molar refractivity (Wildman–Crippen MR) is 84.7 cm³/mol. The van der Waals surface area contributed by atoms with Crippen molar-refractivity contribution in [1.29, 1.82) is 5.26 Å². The smallest absolute Gasteiger partial charge is 0.342 e. The largest absolute Gasteiger partial charge is 0.493 e. The van der Waals surface area contributed by atoms with E-state index in [0.29, 0.717) is 5.75 Å². The van der Waals surface area contributed by atoms with E-state index in [9.17, 15) is 14.9 Å². The second kappa shape index (κ2) is 7.83. The van der Waals surface area contributed by atoms with Crippen LogP contribution in [-0.4, -0.2) is 25.6 Å². The van der Waals surface area contributed by atoms with Crippen molar-refractivity contribution in [2.75, 3.05) is 19.0 Å². The van der Waals surface area contributed by atoms with Crippen molar-refractivity contribution in [2.45, 2.75) is 13.3 Å². The van der Waals surface area contributed by atoms with Crippen LogP contribution in [0.1, 0.15) is 28.1 Å². The molecule has 124 valence electrons. The second-order valence-electron chi connectivity index (χ2n) is 4.80. The third-order valence-electron chi connectivity index (χ3n) is 3.18. The molecule has 0 aliphatic heterocycles. The first-order valence-electron chi connectivity index (χ1n) is 7.16. The lowest BCUT2D eigenvalue weighted by Gasteiger charge is -2.06. The highest BCUT2D eigenvalue weighted by atomic mass is 16.5. The molecular formula is C17H16N2O5. The number of nitriles is 1. The standard InChI is InChI=1S/C17H16N2O5/c1-11-15(17(21)22-2)13(10-18)16(24-11)19-14(20)8-9-23-12-6-4-3-5-7-12/h3-7H,8-9H2,1-2H3,(H,19,20). The van der Waals surface area contributed by atoms with Gasteiger partial charge in [-0.3, -0.25) is 10.1 Å². The molecule has 1 heterocycles. The average molecular weight is 328 g/mol. The average Bonchev–Trinajstić information content (AvgIpc) is 2.90. The summed E-state index contributed by atoms with van der Waals surface area (Å²) in [5.74, 6) is -0.299. The highest BCUT2D eigenvalue weighted by Gasteiger charge is 2.25. The van der Waals surface area contributed by atoms with Gasteiger partial charge >= 0.3 is 5.97 Å². The SMILES string of the molecule is COC(=O)c1c(C)oc(NC(=O)CCOc2ccccc2)c1C#N. The van der Waals surface area contributed by atoms with Gasteiger partial charge in [-0.25, -0.2) is 4.79 Å². The van der Waals surface area contributed by atoms with Crippen molar-refractivity contribution in [2.24, 2.45) is 0 Å². The Morgan fingerprint density at radius 1 is 1.29 bits per heavy atom. The lowest BCUT2D eigenvalue weighted by Crippen LogP contribution is -2.15. The van der Waals surface area contributed by atoms with E-state index in [1.165, 1.54) is 14.0 Å². The van der Waals surface area contributed by atoms with Gasteiger partial charge in [-0.1, -0.05) is 18.2 Å². The summed E-state index contributed by atoms with van der Waals surface area (Å²) in [6.45, 7) is 1.68. The zero-order valence-electron chi connectivity index (χ0n) is 13.3. The van der Waals surface area contributed by atoms with Crippen LogP contribution in [0.3, 0.4) is 0 Å². The number of benzene rings is 1. The van der Waals surface area contributed by atoms with E-state index in [2.05, 4.69) is 10.1 Å². The van der Waals surface area contributed by atoms with Crippen molar-refractivity contribution in [3.63, 3.8) is 0 Å². The van der Waals surface area contributed by atoms with Crippen LogP contribution in [0.25, 0.3) is 0 Å². The molecule has 0 radical (unpaired) electrons. The molecule has 0 atom stereocenters. The quantitative estimate of drug-likeness (QED) is 0.818. The summed E-state index contributed by atoms with van der Waals surface area (Å²) in [5, 5.41) is 11.7. The molecule has 0 saturated carbocycles. The van der Waals surface area contributed by atoms with Gasteiger partial charge in [0, 0.05) is 0 Å². The Kier molecular flexibility index (Phi) is 5.58. The van der Waals surface area contributed by atoms with E-state index in [1.807, 2.05) is 24.3 Å². The third kappa shape index (κ3) is 3.93. The molecule has 0 fully saturated rings. The third-order valence-corrected chi connectivity index (χ3v) is 3.18. The fraction of sp³-hybridized carbons (Fsp3) is 0.235. The molecule has 1 aromatic heterocycles. The molecule has 0 saturated heterocycles. The van der Waals surface area contributed by atoms with Gasteiger partial charge in [-0.05, 0) is 19.1 Å². The van der Waals surface area contributed by atoms with E-state index in [1.54, 1.807) is 12.1 Å². The monoisotopic (exact) mass is 328 g/mol. The molecule has 0 unspecified atom stereocenters. The molecule has 2 aromatic rings. The lowest BCUT2D eigenvalue weighted by molar-refractivity contribution is -0.116. The van der Waals surface area contributed by atoms with Crippen molar-refractivity contribution in [3.05, 3.63) is 47.2 Å². The number of methoxy groups -OCH3 is 1. The van der Waals surface area contributed by atoms with Crippen molar-refractivity contribution in [3.8, 4) is 11.8 Å². The minimum absolute atomic E-state index is 0.0100. The Balaban J connectivity index is 1.99. The summed E-state index contributed by atoms with van der Waals surface area (Å²) in [7, 11) is 1.20. The van der Waals surface area contributed by atoms with E-state index < -0.39 is 11.9 Å². The maximum Gasteiger partial charge on any atom is 0.342 e. The maximum atomic E-state index is 12.0. The molecular weight excluding hydrogens is 312 g/mol. The van der Waals surface area contributed by atoms with Gasteiger partial charge in [0.2, 0.25) is 11.8 Å². The Bertz CT molecular complexity index is 774. The summed E-state index contributed by atoms with van der Waals surface area (Å²) >= 11 is 0. The number of rotatable bonds is 6. The van der Waals surface area contributed by atoms with Crippen LogP contribution in [0.4, 0.5) is 5.88 Å². The first-order chi connectivity index (χ1) is 11.6. The van der Waals surface area contributed by atoms with Crippen LogP contribution < -0.4 is 10.1 Å². The highest BCUT2D eigenvalue weighted by molar-refractivity contribution is 5.98. The number of furan rings is 1. The van der Waals surface area contributed by atoms with E-state index in [4.69, 9.17) is 9.15 Å². The number of hydrogen-bond acceptors (Lipinski definition) is 6. The summed E-state index contributed by atoms with van der Waals surface area (Å²) < 4.78 is 15.3. The van der Waals surface area contributed by atoms with Crippen LogP contribution in [0.2, 0.25) is 0 Å². The van der Waals surface area contributed by atoms with Gasteiger partial charge in [0.15, 0.2) is 0 Å². The Labute approximate surface area is 138 Å². The Hall–Kier alpha value is -3.27. The molecule has 2 rings (SSSR count). The van der Waals surface area contributed by atoms with Crippen LogP contribution >= 0.6 is 0 Å². The lowest BCUT2D eigenvalue weighted by atomic mass is 10.1. The molecule has 0 bridgehead atoms. The van der Waals surface area contributed by atoms with Crippen molar-refractivity contribution < 1.29 is 23.5 Å². The molecule has 7 heteroatoms. The fourth-order valence-corrected chi connectivity index (χ4v) is 2.05. The summed E-state index contributed by atoms with van der Waals surface area (Å²) in [6.07, 6.45) is 0.0626. The minimum atomic E-state index is -0.694. The zero-order chi connectivity index (χ0) is 17.5. The van der Waals surface area contributed by atoms with Gasteiger partial charge in [0.1, 0.15) is 28.7 Å². The van der Waals surface area contributed by atoms with Gasteiger partial charge in [0.05, 0.1) is 20.1 Å². The van der Waals surface area contributed by atoms with Gasteiger partial charge in [0.25, 0.3) is 0 Å². The van der Waals surface area contributed by atoms with Gasteiger partial charge in [-0.15, -0.1) is 0 Å². The number of amides is 1. The molecule has 1 aromatic carbocycles. The molecule has 7 nitrogen and oxygen atoms in total. The first kappa shape index (κ1) is 17.1. The summed E-state index contributed by atoms with van der Waals surface area (Å²) in [6, 6.07) is 10.9. The maximum absolute atomic E-state index is 12.0. The number of esters is 1. The number of hydrogen-bond donors (Lipinski definition) is 1. The Morgan fingerprint density at radius 3 is 2.62 bits per heavy atom. The number of carbonyl (C=O) groups is 2. The zero-order valence-corrected chi connectivity index (χ0v) is 13.3. The first-order valence-corrected chi connectivity index (χ1v) is 7.16. The normalized spacial score (nSPS) is 9.88. The number of para-hydroxylation sites is 1. The molecule has 0 spiro atoms. The Morgan fingerprint density at radius 2 is 2.00 bits per heavy atom. The predicted octanol–water partition coefficient (Wildman–Crippen LogP) is 2.65. The number of ether oxygens (including phenoxy) is 2. The molecule has 0 aliphatic carbocycles. The fourth-order valence-electron chi connectivity index (χ4n) is 2.05. The molecule has 1 N–H and O–H groups in total. The van der Waals surface area contributed by atoms with Crippen molar-refractivity contribution in [1.82, 2.24) is 0 Å². The summed E-state index contributed by atoms with van der Waals surface area (Å²) in [4.78, 5) is 23.6. The van der Waals surface area contributed by atoms with Crippen LogP contribution in [0, 0.1) is 18.3 Å². The van der Waals surface area contributed by atoms with E-state index >= 15 is 0 Å². The van der Waals surface area contributed by atoms with Gasteiger partial charge < -0.3 is 13.9 Å². The van der Waals surface area contributed by atoms with Crippen LogP contribution in [0.5, 0.6) is 5.75 Å². The number of carbonyl (C=O) groups excluding carboxylic acids is 2. The van der Waals surface area contributed by atoms with Crippen LogP contribution in [-0.2, 0) is 9.53 Å². The topological polar surface area (TPSA) is 102 Å². The van der Waals surface area contributed by atoms with E-state index in [-0.39, 0.29) is 35.8 Å². The molecule has 24 heavy (non-hydrogen) atoms. The number of aryl methyl sites for hydroxylation is 1. The molecule has 0 aliphatic rings. The van der Waals surface area contributed by atoms with E-state index in [0.717, 1.165) is 0 Å². The number of nitrogens with one attached hydrogen (secondary N) is 1. The second-order valence-corrected chi connectivity index (χ2v) is 4.80. The minimum Gasteiger partial charge on any atom is -0.493 e. The highest BCUT2D eigenvalue weighted by Crippen LogP contribution is 2.27. The molecule has 1 amide bonds. The van der Waals surface area contributed by atoms with Gasteiger partial charge in [-0.2, -0.15) is 5.26 Å². The van der Waals surface area contributed by atoms with Crippen molar-refractivity contribution >= 4 is 17.8 Å².